The lowest BCUT2D eigenvalue weighted by molar-refractivity contribution is -0.131. The topological polar surface area (TPSA) is 38.8 Å². The van der Waals surface area contributed by atoms with Gasteiger partial charge in [0.15, 0.2) is 0 Å². The Morgan fingerprint density at radius 2 is 1.83 bits per heavy atom. The second-order valence-electron chi connectivity index (χ2n) is 6.09. The van der Waals surface area contributed by atoms with Gasteiger partial charge in [-0.2, -0.15) is 0 Å². The van der Waals surface area contributed by atoms with Crippen LogP contribution in [0.1, 0.15) is 37.8 Å². The first-order valence-electron chi connectivity index (χ1n) is 8.28. The Balaban J connectivity index is 2.86. The van der Waals surface area contributed by atoms with E-state index in [9.17, 15) is 4.79 Å². The van der Waals surface area contributed by atoms with Crippen molar-refractivity contribution in [1.82, 2.24) is 4.90 Å². The molecule has 0 atom stereocenters. The minimum absolute atomic E-state index is 0.271. The molecule has 24 heavy (non-hydrogen) atoms. The van der Waals surface area contributed by atoms with E-state index in [2.05, 4.69) is 31.9 Å². The Hall–Kier alpha value is -2.07. The summed E-state index contributed by atoms with van der Waals surface area (Å²) >= 11 is 0. The van der Waals surface area contributed by atoms with E-state index in [0.717, 1.165) is 36.5 Å². The quantitative estimate of drug-likeness (QED) is 0.368. The zero-order valence-electron chi connectivity index (χ0n) is 15.3. The van der Waals surface area contributed by atoms with Crippen LogP contribution in [0.25, 0.3) is 0 Å². The molecule has 0 saturated heterocycles. The Labute approximate surface area is 145 Å². The largest absolute Gasteiger partial charge is 0.492 e. The van der Waals surface area contributed by atoms with Crippen molar-refractivity contribution in [3.05, 3.63) is 48.6 Å². The van der Waals surface area contributed by atoms with E-state index in [1.165, 1.54) is 6.92 Å². The maximum atomic E-state index is 11.2. The minimum Gasteiger partial charge on any atom is -0.492 e. The van der Waals surface area contributed by atoms with Crippen molar-refractivity contribution in [2.24, 2.45) is 0 Å². The molecule has 0 radical (unpaired) electrons. The van der Waals surface area contributed by atoms with Crippen LogP contribution in [-0.4, -0.2) is 37.1 Å². The Kier molecular flexibility index (Phi) is 8.27. The number of esters is 1. The third-order valence-electron chi connectivity index (χ3n) is 3.62. The zero-order chi connectivity index (χ0) is 18.1. The van der Waals surface area contributed by atoms with Gasteiger partial charge in [-0.15, -0.1) is 13.2 Å². The summed E-state index contributed by atoms with van der Waals surface area (Å²) in [5.74, 6) is 1.40. The molecule has 0 aromatic heterocycles. The van der Waals surface area contributed by atoms with Crippen LogP contribution in [0.3, 0.4) is 0 Å². The van der Waals surface area contributed by atoms with Crippen molar-refractivity contribution in [3.63, 3.8) is 0 Å². The molecule has 0 bridgehead atoms. The van der Waals surface area contributed by atoms with Crippen molar-refractivity contribution in [2.45, 2.75) is 33.6 Å². The fourth-order valence-electron chi connectivity index (χ4n) is 2.43. The Morgan fingerprint density at radius 3 is 2.33 bits per heavy atom. The molecule has 0 N–H and O–H groups in total. The summed E-state index contributed by atoms with van der Waals surface area (Å²) in [5.41, 5.74) is 1.93. The van der Waals surface area contributed by atoms with Crippen LogP contribution >= 0.6 is 0 Å². The van der Waals surface area contributed by atoms with E-state index < -0.39 is 0 Å². The monoisotopic (exact) mass is 331 g/mol. The molecule has 0 aliphatic heterocycles. The molecule has 0 fully saturated rings. The third-order valence-corrected chi connectivity index (χ3v) is 3.62. The van der Waals surface area contributed by atoms with Crippen LogP contribution in [0.2, 0.25) is 0 Å². The molecule has 0 amide bonds. The molecule has 1 aromatic rings. The first-order chi connectivity index (χ1) is 11.4. The highest BCUT2D eigenvalue weighted by Crippen LogP contribution is 2.33. The second-order valence-corrected chi connectivity index (χ2v) is 6.09. The lowest BCUT2D eigenvalue weighted by atomic mass is 10.00. The van der Waals surface area contributed by atoms with Gasteiger partial charge >= 0.3 is 5.97 Å². The van der Waals surface area contributed by atoms with Crippen molar-refractivity contribution in [3.8, 4) is 11.5 Å². The molecule has 0 unspecified atom stereocenters. The number of nitrogens with zero attached hydrogens (tertiary/aromatic N) is 1. The highest BCUT2D eigenvalue weighted by molar-refractivity contribution is 5.70. The van der Waals surface area contributed by atoms with E-state index in [0.29, 0.717) is 12.4 Å². The lowest BCUT2D eigenvalue weighted by Gasteiger charge is -2.21. The van der Waals surface area contributed by atoms with Gasteiger partial charge in [-0.3, -0.25) is 9.69 Å². The predicted molar refractivity (Wildman–Crippen MR) is 98.9 cm³/mol. The van der Waals surface area contributed by atoms with Gasteiger partial charge in [-0.05, 0) is 30.5 Å². The number of carbonyl (C=O) groups excluding carboxylic acids is 1. The smallest absolute Gasteiger partial charge is 0.308 e. The van der Waals surface area contributed by atoms with Gasteiger partial charge in [-0.25, -0.2) is 0 Å². The maximum absolute atomic E-state index is 11.2. The number of carbonyl (C=O) groups is 1. The Morgan fingerprint density at radius 1 is 1.21 bits per heavy atom. The summed E-state index contributed by atoms with van der Waals surface area (Å²) in [4.78, 5) is 13.4. The van der Waals surface area contributed by atoms with Gasteiger partial charge in [0.25, 0.3) is 0 Å². The van der Waals surface area contributed by atoms with E-state index in [1.807, 2.05) is 31.2 Å². The van der Waals surface area contributed by atoms with Gasteiger partial charge in [0, 0.05) is 32.1 Å². The molecule has 1 rings (SSSR count). The van der Waals surface area contributed by atoms with Crippen molar-refractivity contribution < 1.29 is 14.3 Å². The predicted octanol–water partition coefficient (Wildman–Crippen LogP) is 4.10. The molecular weight excluding hydrogens is 302 g/mol. The van der Waals surface area contributed by atoms with Crippen LogP contribution in [0.5, 0.6) is 11.5 Å². The van der Waals surface area contributed by atoms with Crippen LogP contribution in [0.15, 0.2) is 37.4 Å². The fraction of sp³-hybridized carbons (Fsp3) is 0.450. The Bertz CT molecular complexity index is 568. The molecule has 0 spiro atoms. The molecular formula is C20H29NO3. The molecule has 0 saturated carbocycles. The van der Waals surface area contributed by atoms with Crippen LogP contribution in [0, 0.1) is 6.92 Å². The molecule has 0 aliphatic carbocycles. The van der Waals surface area contributed by atoms with Gasteiger partial charge in [0.1, 0.15) is 18.1 Å². The normalized spacial score (nSPS) is 10.8. The zero-order valence-corrected chi connectivity index (χ0v) is 15.3. The summed E-state index contributed by atoms with van der Waals surface area (Å²) in [5, 5.41) is 0. The minimum atomic E-state index is -0.314. The lowest BCUT2D eigenvalue weighted by Crippen LogP contribution is -2.28. The van der Waals surface area contributed by atoms with Gasteiger partial charge in [0.05, 0.1) is 0 Å². The molecule has 0 aliphatic rings. The number of aryl methyl sites for hydroxylation is 1. The number of benzene rings is 1. The number of ether oxygens (including phenoxy) is 2. The summed E-state index contributed by atoms with van der Waals surface area (Å²) < 4.78 is 11.3. The number of hydrogen-bond donors (Lipinski definition) is 0. The number of rotatable bonds is 10. The van der Waals surface area contributed by atoms with Gasteiger partial charge < -0.3 is 9.47 Å². The third kappa shape index (κ3) is 6.20. The van der Waals surface area contributed by atoms with Crippen molar-refractivity contribution >= 4 is 5.97 Å². The molecule has 4 heteroatoms. The van der Waals surface area contributed by atoms with Gasteiger partial charge in [-0.1, -0.05) is 26.0 Å². The van der Waals surface area contributed by atoms with Crippen molar-refractivity contribution in [2.75, 3.05) is 26.2 Å². The highest BCUT2D eigenvalue weighted by Gasteiger charge is 2.14. The fourth-order valence-corrected chi connectivity index (χ4v) is 2.43. The van der Waals surface area contributed by atoms with E-state index in [-0.39, 0.29) is 11.9 Å². The maximum Gasteiger partial charge on any atom is 0.308 e. The summed E-state index contributed by atoms with van der Waals surface area (Å²) in [6.45, 7) is 18.0. The van der Waals surface area contributed by atoms with Crippen LogP contribution in [0.4, 0.5) is 0 Å². The summed E-state index contributed by atoms with van der Waals surface area (Å²) in [6.07, 6.45) is 3.75. The standard InChI is InChI=1S/C20H29NO3/c1-7-9-21(10-8-2)11-12-23-20-13-16(5)19(24-17(6)22)14-18(20)15(3)4/h7-8,13-15H,1-2,9-12H2,3-6H3. The average Bonchev–Trinajstić information content (AvgIpc) is 2.49. The molecule has 4 nitrogen and oxygen atoms in total. The van der Waals surface area contributed by atoms with Crippen LogP contribution < -0.4 is 9.47 Å². The van der Waals surface area contributed by atoms with E-state index >= 15 is 0 Å². The SMILES string of the molecule is C=CCN(CC=C)CCOc1cc(C)c(OC(C)=O)cc1C(C)C. The molecule has 132 valence electrons. The van der Waals surface area contributed by atoms with E-state index in [1.54, 1.807) is 0 Å². The second kappa shape index (κ2) is 9.93. The van der Waals surface area contributed by atoms with Crippen molar-refractivity contribution in [1.29, 1.82) is 0 Å². The van der Waals surface area contributed by atoms with Crippen LogP contribution in [-0.2, 0) is 4.79 Å². The molecule has 0 heterocycles. The number of hydrogen-bond acceptors (Lipinski definition) is 4. The summed E-state index contributed by atoms with van der Waals surface area (Å²) in [7, 11) is 0. The van der Waals surface area contributed by atoms with E-state index in [4.69, 9.17) is 9.47 Å². The average molecular weight is 331 g/mol. The van der Waals surface area contributed by atoms with Gasteiger partial charge in [0.2, 0.25) is 0 Å². The molecule has 1 aromatic carbocycles. The summed E-state index contributed by atoms with van der Waals surface area (Å²) in [6, 6.07) is 3.85. The first kappa shape index (κ1) is 20.0. The first-order valence-corrected chi connectivity index (χ1v) is 8.28. The highest BCUT2D eigenvalue weighted by atomic mass is 16.5.